The van der Waals surface area contributed by atoms with Gasteiger partial charge in [0.05, 0.1) is 44.2 Å². The molecular weight excluding hydrogens is 522 g/mol. The molecule has 0 aliphatic carbocycles. The Hall–Kier alpha value is -3.21. The summed E-state index contributed by atoms with van der Waals surface area (Å²) in [4.78, 5) is 26.8. The molecule has 0 bridgehead atoms. The summed E-state index contributed by atoms with van der Waals surface area (Å²) in [5.41, 5.74) is -0.211. The highest BCUT2D eigenvalue weighted by Crippen LogP contribution is 2.35. The van der Waals surface area contributed by atoms with E-state index >= 15 is 4.39 Å². The molecule has 4 rings (SSSR count). The van der Waals surface area contributed by atoms with Crippen molar-refractivity contribution in [1.29, 1.82) is 0 Å². The number of carbonyl (C=O) groups is 1. The Bertz CT molecular complexity index is 1440. The number of benzene rings is 2. The number of aliphatic hydroxyl groups is 1. The lowest BCUT2D eigenvalue weighted by Gasteiger charge is -2.30. The number of hydrogen-bond acceptors (Lipinski definition) is 6. The molecule has 0 spiro atoms. The van der Waals surface area contributed by atoms with Crippen molar-refractivity contribution >= 4 is 34.2 Å². The summed E-state index contributed by atoms with van der Waals surface area (Å²) < 4.78 is 42.5. The van der Waals surface area contributed by atoms with Gasteiger partial charge in [-0.3, -0.25) is 4.79 Å². The van der Waals surface area contributed by atoms with E-state index in [0.29, 0.717) is 43.1 Å². The summed E-state index contributed by atoms with van der Waals surface area (Å²) in [5, 5.41) is 19.1. The van der Waals surface area contributed by atoms with Gasteiger partial charge >= 0.3 is 5.97 Å². The van der Waals surface area contributed by atoms with Gasteiger partial charge in [0.2, 0.25) is 5.43 Å². The number of rotatable bonds is 8. The van der Waals surface area contributed by atoms with Crippen LogP contribution in [0, 0.1) is 17.6 Å². The average Bonchev–Trinajstić information content (AvgIpc) is 2.90. The second-order valence-electron chi connectivity index (χ2n) is 9.53. The highest BCUT2D eigenvalue weighted by molar-refractivity contribution is 6.31. The van der Waals surface area contributed by atoms with Crippen LogP contribution in [0.1, 0.15) is 41.4 Å². The fraction of sp³-hybridized carbons (Fsp3) is 0.407. The number of hydrogen-bond donors (Lipinski definition) is 2. The number of anilines is 1. The van der Waals surface area contributed by atoms with Gasteiger partial charge in [0.1, 0.15) is 22.2 Å². The van der Waals surface area contributed by atoms with E-state index in [9.17, 15) is 24.2 Å². The number of carboxylic acids is 1. The number of fused-ring (bicyclic) bond motifs is 1. The minimum absolute atomic E-state index is 0.0711. The van der Waals surface area contributed by atoms with E-state index in [1.165, 1.54) is 25.4 Å². The van der Waals surface area contributed by atoms with Crippen molar-refractivity contribution in [1.82, 2.24) is 4.57 Å². The van der Waals surface area contributed by atoms with Gasteiger partial charge < -0.3 is 29.2 Å². The van der Waals surface area contributed by atoms with Gasteiger partial charge in [-0.2, -0.15) is 0 Å². The van der Waals surface area contributed by atoms with E-state index in [1.54, 1.807) is 15.5 Å². The fourth-order valence-electron chi connectivity index (χ4n) is 4.81. The van der Waals surface area contributed by atoms with Crippen LogP contribution in [0.3, 0.4) is 0 Å². The van der Waals surface area contributed by atoms with Crippen molar-refractivity contribution in [3.63, 3.8) is 0 Å². The number of morpholine rings is 1. The van der Waals surface area contributed by atoms with Gasteiger partial charge in [0.25, 0.3) is 0 Å². The summed E-state index contributed by atoms with van der Waals surface area (Å²) in [6.45, 7) is 5.06. The zero-order valence-corrected chi connectivity index (χ0v) is 22.0. The first-order valence-electron chi connectivity index (χ1n) is 12.2. The molecule has 1 aliphatic heterocycles. The van der Waals surface area contributed by atoms with Crippen molar-refractivity contribution < 1.29 is 33.3 Å². The number of halogens is 3. The first-order valence-corrected chi connectivity index (χ1v) is 12.6. The molecule has 2 heterocycles. The number of aromatic nitrogens is 1. The smallest absolute Gasteiger partial charge is 0.341 e. The Labute approximate surface area is 223 Å². The highest BCUT2D eigenvalue weighted by atomic mass is 35.5. The maximum Gasteiger partial charge on any atom is 0.341 e. The Kier molecular flexibility index (Phi) is 8.25. The van der Waals surface area contributed by atoms with E-state index < -0.39 is 39.7 Å². The zero-order chi connectivity index (χ0) is 27.7. The molecule has 1 saturated heterocycles. The minimum atomic E-state index is -1.41. The molecule has 38 heavy (non-hydrogen) atoms. The second kappa shape index (κ2) is 11.3. The Morgan fingerprint density at radius 3 is 2.42 bits per heavy atom. The predicted molar refractivity (Wildman–Crippen MR) is 140 cm³/mol. The third-order valence-electron chi connectivity index (χ3n) is 6.91. The molecule has 8 nitrogen and oxygen atoms in total. The van der Waals surface area contributed by atoms with Crippen molar-refractivity contribution in [3.8, 4) is 5.75 Å². The molecule has 1 aromatic heterocycles. The molecule has 11 heteroatoms. The van der Waals surface area contributed by atoms with Crippen molar-refractivity contribution in [2.24, 2.45) is 5.92 Å². The van der Waals surface area contributed by atoms with Gasteiger partial charge in [-0.05, 0) is 29.2 Å². The Morgan fingerprint density at radius 1 is 1.16 bits per heavy atom. The quantitative estimate of drug-likeness (QED) is 0.404. The van der Waals surface area contributed by atoms with Crippen molar-refractivity contribution in [2.75, 3.05) is 44.9 Å². The molecule has 0 radical (unpaired) electrons. The molecule has 0 saturated carbocycles. The van der Waals surface area contributed by atoms with Crippen LogP contribution in [-0.4, -0.2) is 60.8 Å². The van der Waals surface area contributed by atoms with E-state index in [-0.39, 0.29) is 35.6 Å². The van der Waals surface area contributed by atoms with Gasteiger partial charge in [0, 0.05) is 37.2 Å². The first-order chi connectivity index (χ1) is 18.1. The molecular formula is C27H29ClF2N2O6. The Balaban J connectivity index is 1.91. The van der Waals surface area contributed by atoms with Crippen molar-refractivity contribution in [3.05, 3.63) is 68.0 Å². The molecule has 1 aliphatic rings. The van der Waals surface area contributed by atoms with E-state index in [4.69, 9.17) is 21.1 Å². The summed E-state index contributed by atoms with van der Waals surface area (Å²) >= 11 is 6.04. The zero-order valence-electron chi connectivity index (χ0n) is 21.3. The van der Waals surface area contributed by atoms with Crippen LogP contribution >= 0.6 is 11.6 Å². The van der Waals surface area contributed by atoms with Gasteiger partial charge in [-0.1, -0.05) is 25.4 Å². The van der Waals surface area contributed by atoms with Crippen LogP contribution in [0.2, 0.25) is 5.02 Å². The molecule has 2 N–H and O–H groups in total. The lowest BCUT2D eigenvalue weighted by atomic mass is 9.98. The fourth-order valence-corrected chi connectivity index (χ4v) is 5.02. The van der Waals surface area contributed by atoms with Gasteiger partial charge in [-0.25, -0.2) is 13.6 Å². The summed E-state index contributed by atoms with van der Waals surface area (Å²) in [7, 11) is 1.41. The van der Waals surface area contributed by atoms with Gasteiger partial charge in [0.15, 0.2) is 5.82 Å². The molecule has 0 unspecified atom stereocenters. The molecule has 0 amide bonds. The third-order valence-corrected chi connectivity index (χ3v) is 7.25. The number of nitrogens with zero attached hydrogens (tertiary/aromatic N) is 2. The molecule has 2 aromatic carbocycles. The minimum Gasteiger partial charge on any atom is -0.496 e. The lowest BCUT2D eigenvalue weighted by Crippen LogP contribution is -2.37. The number of methoxy groups -OCH3 is 1. The molecule has 1 fully saturated rings. The van der Waals surface area contributed by atoms with E-state index in [0.717, 1.165) is 0 Å². The molecule has 204 valence electrons. The van der Waals surface area contributed by atoms with E-state index in [1.807, 2.05) is 13.8 Å². The molecule has 1 atom stereocenters. The Morgan fingerprint density at radius 2 is 1.84 bits per heavy atom. The van der Waals surface area contributed by atoms with Crippen LogP contribution in [0.25, 0.3) is 10.9 Å². The normalized spacial score (nSPS) is 14.8. The van der Waals surface area contributed by atoms with Gasteiger partial charge in [-0.15, -0.1) is 0 Å². The number of pyridine rings is 1. The highest BCUT2D eigenvalue weighted by Gasteiger charge is 2.25. The molecule has 3 aromatic rings. The third kappa shape index (κ3) is 5.08. The van der Waals surface area contributed by atoms with E-state index in [2.05, 4.69) is 0 Å². The van der Waals surface area contributed by atoms with Crippen LogP contribution in [0.15, 0.2) is 29.2 Å². The summed E-state index contributed by atoms with van der Waals surface area (Å²) in [6, 6.07) is 3.89. The maximum atomic E-state index is 15.2. The second-order valence-corrected chi connectivity index (χ2v) is 9.91. The monoisotopic (exact) mass is 550 g/mol. The van der Waals surface area contributed by atoms with Crippen LogP contribution in [0.5, 0.6) is 5.75 Å². The summed E-state index contributed by atoms with van der Waals surface area (Å²) in [5.74, 6) is -2.98. The number of ether oxygens (including phenoxy) is 2. The van der Waals surface area contributed by atoms with Crippen LogP contribution in [0.4, 0.5) is 14.5 Å². The first kappa shape index (κ1) is 27.8. The van der Waals surface area contributed by atoms with Crippen molar-refractivity contribution in [2.45, 2.75) is 26.3 Å². The number of carboxylic acid groups (broad SMARTS) is 1. The standard InChI is InChI=1S/C27H29ClF2N2O6/c1-14(2)21(13-33)32-12-18(27(35)36)26(34)17-9-15(22(37-3)11-19(17)32)8-16-10-20(25(30)23(28)24(16)29)31-4-6-38-7-5-31/h9-12,14,21,33H,4-8,13H2,1-3H3,(H,35,36)/t21-/m1/s1. The maximum absolute atomic E-state index is 15.2. The topological polar surface area (TPSA) is 101 Å². The summed E-state index contributed by atoms with van der Waals surface area (Å²) in [6.07, 6.45) is 1.12. The lowest BCUT2D eigenvalue weighted by molar-refractivity contribution is 0.0694. The number of aromatic carboxylic acids is 1. The number of aliphatic hydroxyl groups excluding tert-OH is 1. The largest absolute Gasteiger partial charge is 0.496 e. The predicted octanol–water partition coefficient (Wildman–Crippen LogP) is 4.26. The SMILES string of the molecule is COc1cc2c(cc1Cc1cc(N3CCOCC3)c(F)c(Cl)c1F)c(=O)c(C(=O)O)cn2[C@H](CO)C(C)C. The average molecular weight is 551 g/mol. The van der Waals surface area contributed by atoms with Crippen LogP contribution < -0.4 is 15.1 Å². The van der Waals surface area contributed by atoms with Crippen LogP contribution in [-0.2, 0) is 11.2 Å².